The van der Waals surface area contributed by atoms with E-state index in [0.717, 1.165) is 5.56 Å². The van der Waals surface area contributed by atoms with Crippen molar-refractivity contribution >= 4 is 23.1 Å². The average Bonchev–Trinajstić information content (AvgIpc) is 2.85. The molecule has 2 rings (SSSR count). The largest absolute Gasteiger partial charge is 0.384 e. The Balaban J connectivity index is 1.95. The van der Waals surface area contributed by atoms with Crippen molar-refractivity contribution in [1.82, 2.24) is 20.5 Å². The highest BCUT2D eigenvalue weighted by atomic mass is 32.1. The van der Waals surface area contributed by atoms with E-state index in [-0.39, 0.29) is 5.91 Å². The number of hydrogen-bond acceptors (Lipinski definition) is 5. The fraction of sp³-hybridized carbons (Fsp3) is 0.125. The number of carbonyl (C=O) groups is 1. The number of aromatic nitrogens is 3. The zero-order valence-corrected chi connectivity index (χ0v) is 8.54. The summed E-state index contributed by atoms with van der Waals surface area (Å²) in [6, 6.07) is 0. The maximum atomic E-state index is 11.5. The number of aromatic amines is 1. The molecule has 0 unspecified atom stereocenters. The van der Waals surface area contributed by atoms with Gasteiger partial charge in [-0.25, -0.2) is 0 Å². The SMILES string of the molecule is Nc1[nH]ncc1CNC(=O)c1cncs1. The second kappa shape index (κ2) is 4.09. The number of amides is 1. The minimum Gasteiger partial charge on any atom is -0.384 e. The Morgan fingerprint density at radius 1 is 1.60 bits per heavy atom. The van der Waals surface area contributed by atoms with Gasteiger partial charge in [0.2, 0.25) is 0 Å². The summed E-state index contributed by atoms with van der Waals surface area (Å²) < 4.78 is 0. The zero-order valence-electron chi connectivity index (χ0n) is 7.73. The number of nitrogens with two attached hydrogens (primary N) is 1. The molecule has 0 aliphatic rings. The second-order valence-electron chi connectivity index (χ2n) is 2.86. The Kier molecular flexibility index (Phi) is 2.64. The van der Waals surface area contributed by atoms with Gasteiger partial charge < -0.3 is 11.1 Å². The molecule has 6 nitrogen and oxygen atoms in total. The van der Waals surface area contributed by atoms with Gasteiger partial charge in [0.05, 0.1) is 17.9 Å². The predicted octanol–water partition coefficient (Wildman–Crippen LogP) is 0.378. The lowest BCUT2D eigenvalue weighted by molar-refractivity contribution is 0.0955. The molecule has 15 heavy (non-hydrogen) atoms. The lowest BCUT2D eigenvalue weighted by Crippen LogP contribution is -2.22. The minimum atomic E-state index is -0.155. The van der Waals surface area contributed by atoms with Gasteiger partial charge in [-0.15, -0.1) is 11.3 Å². The first-order valence-electron chi connectivity index (χ1n) is 4.22. The Bertz CT molecular complexity index is 449. The number of thiazole rings is 1. The third-order valence-electron chi connectivity index (χ3n) is 1.85. The number of H-pyrrole nitrogens is 1. The van der Waals surface area contributed by atoms with Gasteiger partial charge in [-0.2, -0.15) is 5.10 Å². The van der Waals surface area contributed by atoms with E-state index in [0.29, 0.717) is 17.2 Å². The van der Waals surface area contributed by atoms with Gasteiger partial charge in [0.1, 0.15) is 10.7 Å². The first-order valence-corrected chi connectivity index (χ1v) is 5.09. The maximum absolute atomic E-state index is 11.5. The molecule has 0 aliphatic carbocycles. The summed E-state index contributed by atoms with van der Waals surface area (Å²) in [6.45, 7) is 0.360. The number of rotatable bonds is 3. The van der Waals surface area contributed by atoms with Crippen molar-refractivity contribution in [3.05, 3.63) is 28.3 Å². The van der Waals surface area contributed by atoms with Crippen molar-refractivity contribution in [2.75, 3.05) is 5.73 Å². The lowest BCUT2D eigenvalue weighted by atomic mass is 10.3. The van der Waals surface area contributed by atoms with E-state index in [1.54, 1.807) is 11.7 Å². The third-order valence-corrected chi connectivity index (χ3v) is 2.62. The molecule has 7 heteroatoms. The number of nitrogen functional groups attached to an aromatic ring is 1. The maximum Gasteiger partial charge on any atom is 0.263 e. The molecule has 0 radical (unpaired) electrons. The first-order chi connectivity index (χ1) is 7.27. The molecule has 0 atom stereocenters. The summed E-state index contributed by atoms with van der Waals surface area (Å²) in [5.74, 6) is 0.317. The Morgan fingerprint density at radius 2 is 2.47 bits per heavy atom. The van der Waals surface area contributed by atoms with Gasteiger partial charge >= 0.3 is 0 Å². The van der Waals surface area contributed by atoms with Gasteiger partial charge in [0.15, 0.2) is 0 Å². The molecule has 1 amide bonds. The molecule has 2 aromatic heterocycles. The molecule has 2 aromatic rings. The van der Waals surface area contributed by atoms with E-state index in [9.17, 15) is 4.79 Å². The number of hydrogen-bond donors (Lipinski definition) is 3. The van der Waals surface area contributed by atoms with Crippen LogP contribution in [-0.4, -0.2) is 21.1 Å². The summed E-state index contributed by atoms with van der Waals surface area (Å²) in [7, 11) is 0. The molecule has 0 aliphatic heterocycles. The summed E-state index contributed by atoms with van der Waals surface area (Å²) in [6.07, 6.45) is 3.11. The van der Waals surface area contributed by atoms with E-state index in [1.165, 1.54) is 17.5 Å². The first kappa shape index (κ1) is 9.66. The van der Waals surface area contributed by atoms with Crippen molar-refractivity contribution in [1.29, 1.82) is 0 Å². The molecule has 0 bridgehead atoms. The number of anilines is 1. The predicted molar refractivity (Wildman–Crippen MR) is 56.3 cm³/mol. The molecule has 0 spiro atoms. The molecule has 2 heterocycles. The Hall–Kier alpha value is -1.89. The summed E-state index contributed by atoms with van der Waals surface area (Å²) in [4.78, 5) is 15.9. The number of nitrogens with one attached hydrogen (secondary N) is 2. The van der Waals surface area contributed by atoms with Crippen LogP contribution in [0.3, 0.4) is 0 Å². The quantitative estimate of drug-likeness (QED) is 0.700. The third kappa shape index (κ3) is 2.13. The fourth-order valence-corrected chi connectivity index (χ4v) is 1.59. The molecule has 0 fully saturated rings. The van der Waals surface area contributed by atoms with Crippen LogP contribution in [0.15, 0.2) is 17.9 Å². The molecule has 0 saturated heterocycles. The van der Waals surface area contributed by atoms with Crippen LogP contribution in [0.25, 0.3) is 0 Å². The minimum absolute atomic E-state index is 0.155. The highest BCUT2D eigenvalue weighted by Crippen LogP contribution is 2.07. The molecule has 0 aromatic carbocycles. The standard InChI is InChI=1S/C8H9N5OS/c9-7-5(2-12-13-7)1-11-8(14)6-3-10-4-15-6/h2-4H,1H2,(H,11,14)(H3,9,12,13). The number of nitrogens with zero attached hydrogens (tertiary/aromatic N) is 2. The Morgan fingerprint density at radius 3 is 3.07 bits per heavy atom. The molecular formula is C8H9N5OS. The van der Waals surface area contributed by atoms with E-state index < -0.39 is 0 Å². The fourth-order valence-electron chi connectivity index (χ4n) is 1.05. The smallest absolute Gasteiger partial charge is 0.263 e. The average molecular weight is 223 g/mol. The van der Waals surface area contributed by atoms with E-state index >= 15 is 0 Å². The van der Waals surface area contributed by atoms with E-state index in [1.807, 2.05) is 0 Å². The van der Waals surface area contributed by atoms with Crippen LogP contribution in [0.5, 0.6) is 0 Å². The van der Waals surface area contributed by atoms with Crippen molar-refractivity contribution in [2.45, 2.75) is 6.54 Å². The van der Waals surface area contributed by atoms with Crippen LogP contribution in [0.2, 0.25) is 0 Å². The zero-order chi connectivity index (χ0) is 10.7. The summed E-state index contributed by atoms with van der Waals surface area (Å²) >= 11 is 1.29. The highest BCUT2D eigenvalue weighted by molar-refractivity contribution is 7.11. The highest BCUT2D eigenvalue weighted by Gasteiger charge is 2.08. The van der Waals surface area contributed by atoms with Crippen LogP contribution in [0.1, 0.15) is 15.2 Å². The van der Waals surface area contributed by atoms with Gasteiger partial charge in [-0.3, -0.25) is 14.9 Å². The second-order valence-corrected chi connectivity index (χ2v) is 3.74. The topological polar surface area (TPSA) is 96.7 Å². The van der Waals surface area contributed by atoms with Crippen LogP contribution in [0, 0.1) is 0 Å². The molecule has 0 saturated carbocycles. The molecule has 4 N–H and O–H groups in total. The van der Waals surface area contributed by atoms with Crippen molar-refractivity contribution in [3.8, 4) is 0 Å². The lowest BCUT2D eigenvalue weighted by Gasteiger charge is -2.01. The van der Waals surface area contributed by atoms with Crippen molar-refractivity contribution in [2.24, 2.45) is 0 Å². The van der Waals surface area contributed by atoms with E-state index in [4.69, 9.17) is 5.73 Å². The van der Waals surface area contributed by atoms with Crippen LogP contribution >= 0.6 is 11.3 Å². The van der Waals surface area contributed by atoms with Crippen LogP contribution in [0.4, 0.5) is 5.82 Å². The van der Waals surface area contributed by atoms with Gasteiger partial charge in [0.25, 0.3) is 5.91 Å². The van der Waals surface area contributed by atoms with Crippen LogP contribution < -0.4 is 11.1 Å². The van der Waals surface area contributed by atoms with Crippen molar-refractivity contribution in [3.63, 3.8) is 0 Å². The molecular weight excluding hydrogens is 214 g/mol. The normalized spacial score (nSPS) is 10.1. The van der Waals surface area contributed by atoms with Gasteiger partial charge in [-0.05, 0) is 0 Å². The Labute approximate surface area is 89.5 Å². The van der Waals surface area contributed by atoms with Crippen LogP contribution in [-0.2, 0) is 6.54 Å². The van der Waals surface area contributed by atoms with Gasteiger partial charge in [0, 0.05) is 12.1 Å². The summed E-state index contributed by atoms with van der Waals surface area (Å²) in [5, 5.41) is 9.06. The number of carbonyl (C=O) groups excluding carboxylic acids is 1. The molecule has 78 valence electrons. The van der Waals surface area contributed by atoms with Gasteiger partial charge in [-0.1, -0.05) is 0 Å². The van der Waals surface area contributed by atoms with Crippen molar-refractivity contribution < 1.29 is 4.79 Å². The summed E-state index contributed by atoms with van der Waals surface area (Å²) in [5.41, 5.74) is 7.95. The monoisotopic (exact) mass is 223 g/mol. The van der Waals surface area contributed by atoms with E-state index in [2.05, 4.69) is 20.5 Å².